The molecule has 19 heavy (non-hydrogen) atoms. The van der Waals surface area contributed by atoms with Crippen molar-refractivity contribution in [3.8, 4) is 0 Å². The summed E-state index contributed by atoms with van der Waals surface area (Å²) in [6.45, 7) is 0.775. The summed E-state index contributed by atoms with van der Waals surface area (Å²) in [5.74, 6) is 0.323. The van der Waals surface area contributed by atoms with E-state index in [1.807, 2.05) is 0 Å². The van der Waals surface area contributed by atoms with Crippen molar-refractivity contribution >= 4 is 12.2 Å². The number of nitrogens with two attached hydrogens (primary N) is 1. The number of hydrogen-bond acceptors (Lipinski definition) is 3. The summed E-state index contributed by atoms with van der Waals surface area (Å²) in [5.41, 5.74) is 5.38. The normalized spacial score (nSPS) is 11.9. The maximum absolute atomic E-state index is 9.99. The lowest BCUT2D eigenvalue weighted by molar-refractivity contribution is -0.109. The van der Waals surface area contributed by atoms with E-state index in [9.17, 15) is 4.79 Å². The fourth-order valence-corrected chi connectivity index (χ4v) is 1.76. The molecular formula is C14H27N3O2. The molecule has 110 valence electrons. The number of rotatable bonds is 13. The van der Waals surface area contributed by atoms with Gasteiger partial charge in [0, 0.05) is 13.0 Å². The number of carbonyl (C=O) groups excluding carboxylic acids is 1. The molecule has 5 heteroatoms. The lowest BCUT2D eigenvalue weighted by Gasteiger charge is -1.99. The maximum Gasteiger partial charge on any atom is 0.207 e. The first-order valence-corrected chi connectivity index (χ1v) is 7.09. The van der Waals surface area contributed by atoms with Gasteiger partial charge in [-0.3, -0.25) is 4.79 Å². The first-order valence-electron chi connectivity index (χ1n) is 7.09. The summed E-state index contributed by atoms with van der Waals surface area (Å²) >= 11 is 0. The Morgan fingerprint density at radius 1 is 1.05 bits per heavy atom. The number of nitrogens with one attached hydrogen (secondary N) is 1. The van der Waals surface area contributed by atoms with E-state index in [-0.39, 0.29) is 0 Å². The Kier molecular flexibility index (Phi) is 13.4. The van der Waals surface area contributed by atoms with Crippen LogP contribution in [0, 0.1) is 0 Å². The average Bonchev–Trinajstić information content (AvgIpc) is 2.43. The van der Waals surface area contributed by atoms with Gasteiger partial charge in [0.1, 0.15) is 5.84 Å². The van der Waals surface area contributed by atoms with Crippen LogP contribution in [0.25, 0.3) is 0 Å². The van der Waals surface area contributed by atoms with Crippen LogP contribution in [0.1, 0.15) is 57.8 Å². The molecule has 0 saturated heterocycles. The average molecular weight is 269 g/mol. The molecule has 0 aliphatic carbocycles. The van der Waals surface area contributed by atoms with Crippen LogP contribution in [0.4, 0.5) is 0 Å². The lowest BCUT2D eigenvalue weighted by Crippen LogP contribution is -2.11. The van der Waals surface area contributed by atoms with Crippen molar-refractivity contribution in [3.63, 3.8) is 0 Å². The molecule has 0 fully saturated rings. The highest BCUT2D eigenvalue weighted by atomic mass is 16.4. The summed E-state index contributed by atoms with van der Waals surface area (Å²) in [7, 11) is 0. The van der Waals surface area contributed by atoms with Gasteiger partial charge >= 0.3 is 0 Å². The molecule has 1 amide bonds. The zero-order valence-corrected chi connectivity index (χ0v) is 11.7. The van der Waals surface area contributed by atoms with Gasteiger partial charge in [-0.25, -0.2) is 0 Å². The second-order valence-electron chi connectivity index (χ2n) is 4.58. The largest absolute Gasteiger partial charge is 0.409 e. The van der Waals surface area contributed by atoms with Crippen LogP contribution in [0.5, 0.6) is 0 Å². The molecule has 0 aliphatic heterocycles. The molecule has 4 N–H and O–H groups in total. The molecule has 0 aromatic heterocycles. The first kappa shape index (κ1) is 17.5. The Bertz CT molecular complexity index is 265. The number of allylic oxidation sites excluding steroid dienone is 2. The Morgan fingerprint density at radius 3 is 2.32 bits per heavy atom. The summed E-state index contributed by atoms with van der Waals surface area (Å²) in [4.78, 5) is 9.99. The van der Waals surface area contributed by atoms with E-state index in [2.05, 4.69) is 22.6 Å². The minimum absolute atomic E-state index is 0.323. The van der Waals surface area contributed by atoms with Crippen LogP contribution in [-0.2, 0) is 4.79 Å². The minimum atomic E-state index is 0.323. The molecule has 0 rings (SSSR count). The highest BCUT2D eigenvalue weighted by molar-refractivity contribution is 5.79. The van der Waals surface area contributed by atoms with Gasteiger partial charge in [-0.05, 0) is 38.5 Å². The third-order valence-electron chi connectivity index (χ3n) is 2.87. The van der Waals surface area contributed by atoms with Gasteiger partial charge in [0.05, 0.1) is 0 Å². The molecule has 5 nitrogen and oxygen atoms in total. The third kappa shape index (κ3) is 14.4. The van der Waals surface area contributed by atoms with Crippen molar-refractivity contribution in [1.29, 1.82) is 0 Å². The van der Waals surface area contributed by atoms with Gasteiger partial charge in [0.25, 0.3) is 0 Å². The van der Waals surface area contributed by atoms with Crippen molar-refractivity contribution in [1.82, 2.24) is 5.32 Å². The number of carbonyl (C=O) groups is 1. The van der Waals surface area contributed by atoms with Gasteiger partial charge in [-0.1, -0.05) is 30.1 Å². The van der Waals surface area contributed by atoms with E-state index in [0.717, 1.165) is 51.5 Å². The third-order valence-corrected chi connectivity index (χ3v) is 2.87. The van der Waals surface area contributed by atoms with E-state index in [1.54, 1.807) is 0 Å². The molecule has 0 aliphatic rings. The van der Waals surface area contributed by atoms with Gasteiger partial charge < -0.3 is 16.3 Å². The zero-order valence-electron chi connectivity index (χ0n) is 11.7. The Hall–Kier alpha value is -1.52. The quantitative estimate of drug-likeness (QED) is 0.0913. The number of hydrogen-bond donors (Lipinski definition) is 3. The minimum Gasteiger partial charge on any atom is -0.409 e. The second kappa shape index (κ2) is 14.5. The van der Waals surface area contributed by atoms with Crippen molar-refractivity contribution in [3.05, 3.63) is 12.2 Å². The van der Waals surface area contributed by atoms with E-state index in [0.29, 0.717) is 12.3 Å². The molecule has 0 aromatic rings. The number of oxime groups is 1. The van der Waals surface area contributed by atoms with Gasteiger partial charge in [0.15, 0.2) is 0 Å². The predicted octanol–water partition coefficient (Wildman–Crippen LogP) is 2.55. The number of nitrogens with zero attached hydrogens (tertiary/aromatic N) is 1. The summed E-state index contributed by atoms with van der Waals surface area (Å²) in [6, 6.07) is 0. The standard InChI is InChI=1S/C14H27N3O2/c15-14(17-19)11-9-7-5-3-1-2-4-6-8-10-12-16-13-18/h2,4,13,19H,1,3,5-12H2,(H2,15,17)(H,16,18)/b4-2-. The fourth-order valence-electron chi connectivity index (χ4n) is 1.76. The summed E-state index contributed by atoms with van der Waals surface area (Å²) < 4.78 is 0. The van der Waals surface area contributed by atoms with Crippen molar-refractivity contribution in [2.75, 3.05) is 6.54 Å². The van der Waals surface area contributed by atoms with Crippen LogP contribution >= 0.6 is 0 Å². The van der Waals surface area contributed by atoms with Crippen molar-refractivity contribution in [2.45, 2.75) is 57.8 Å². The van der Waals surface area contributed by atoms with Crippen molar-refractivity contribution in [2.24, 2.45) is 10.9 Å². The molecule has 0 atom stereocenters. The molecule has 0 spiro atoms. The van der Waals surface area contributed by atoms with Gasteiger partial charge in [-0.2, -0.15) is 0 Å². The molecule has 0 saturated carbocycles. The molecule has 0 heterocycles. The zero-order chi connectivity index (χ0) is 14.2. The highest BCUT2D eigenvalue weighted by Crippen LogP contribution is 2.06. The predicted molar refractivity (Wildman–Crippen MR) is 78.2 cm³/mol. The van der Waals surface area contributed by atoms with Crippen LogP contribution in [0.3, 0.4) is 0 Å². The summed E-state index contributed by atoms with van der Waals surface area (Å²) in [5, 5.41) is 14.0. The van der Waals surface area contributed by atoms with E-state index in [1.165, 1.54) is 12.8 Å². The summed E-state index contributed by atoms with van der Waals surface area (Å²) in [6.07, 6.45) is 14.7. The van der Waals surface area contributed by atoms with E-state index in [4.69, 9.17) is 10.9 Å². The van der Waals surface area contributed by atoms with Crippen LogP contribution in [0.15, 0.2) is 17.3 Å². The van der Waals surface area contributed by atoms with Crippen molar-refractivity contribution < 1.29 is 10.0 Å². The first-order chi connectivity index (χ1) is 9.31. The van der Waals surface area contributed by atoms with Gasteiger partial charge in [0.2, 0.25) is 6.41 Å². The van der Waals surface area contributed by atoms with E-state index >= 15 is 0 Å². The number of amides is 1. The molecular weight excluding hydrogens is 242 g/mol. The molecule has 0 radical (unpaired) electrons. The Balaban J connectivity index is 3.14. The smallest absolute Gasteiger partial charge is 0.207 e. The molecule has 0 unspecified atom stereocenters. The highest BCUT2D eigenvalue weighted by Gasteiger charge is 1.93. The monoisotopic (exact) mass is 269 g/mol. The number of amidine groups is 1. The van der Waals surface area contributed by atoms with E-state index < -0.39 is 0 Å². The second-order valence-corrected chi connectivity index (χ2v) is 4.58. The number of unbranched alkanes of at least 4 members (excludes halogenated alkanes) is 6. The fraction of sp³-hybridized carbons (Fsp3) is 0.714. The van der Waals surface area contributed by atoms with Crippen LogP contribution in [-0.4, -0.2) is 24.0 Å². The SMILES string of the molecule is N/C(CCCCCC/C=C\CCCCNC=O)=N\O. The molecule has 0 bridgehead atoms. The lowest BCUT2D eigenvalue weighted by atomic mass is 10.1. The van der Waals surface area contributed by atoms with Gasteiger partial charge in [-0.15, -0.1) is 0 Å². The Labute approximate surface area is 115 Å². The Morgan fingerprint density at radius 2 is 1.68 bits per heavy atom. The molecule has 0 aromatic carbocycles. The maximum atomic E-state index is 9.99. The van der Waals surface area contributed by atoms with Crippen LogP contribution in [0.2, 0.25) is 0 Å². The van der Waals surface area contributed by atoms with Crippen LogP contribution < -0.4 is 11.1 Å². The topological polar surface area (TPSA) is 87.7 Å².